The van der Waals surface area contributed by atoms with Crippen molar-refractivity contribution < 1.29 is 4.79 Å². The Bertz CT molecular complexity index is 693. The lowest BCUT2D eigenvalue weighted by atomic mass is 10.0. The number of amides is 1. The molecule has 1 fully saturated rings. The van der Waals surface area contributed by atoms with Crippen LogP contribution in [-0.4, -0.2) is 53.9 Å². The highest BCUT2D eigenvalue weighted by atomic mass is 35.5. The van der Waals surface area contributed by atoms with Crippen molar-refractivity contribution in [2.75, 3.05) is 33.2 Å². The third kappa shape index (κ3) is 2.61. The first-order valence-corrected chi connectivity index (χ1v) is 7.48. The van der Waals surface area contributed by atoms with Gasteiger partial charge in [-0.3, -0.25) is 4.79 Å². The number of hydrogen-bond donors (Lipinski definition) is 0. The van der Waals surface area contributed by atoms with Crippen molar-refractivity contribution in [2.24, 2.45) is 0 Å². The highest BCUT2D eigenvalue weighted by molar-refractivity contribution is 6.34. The molecule has 1 aliphatic rings. The number of benzene rings is 1. The van der Waals surface area contributed by atoms with Crippen LogP contribution in [0.4, 0.5) is 0 Å². The van der Waals surface area contributed by atoms with E-state index in [0.29, 0.717) is 10.8 Å². The lowest BCUT2D eigenvalue weighted by Gasteiger charge is -2.32. The van der Waals surface area contributed by atoms with Gasteiger partial charge in [-0.25, -0.2) is 4.98 Å². The molecule has 21 heavy (non-hydrogen) atoms. The highest BCUT2D eigenvalue weighted by Gasteiger charge is 2.24. The van der Waals surface area contributed by atoms with Crippen molar-refractivity contribution in [3.63, 3.8) is 0 Å². The fraction of sp³-hybridized carbons (Fsp3) is 0.375. The van der Waals surface area contributed by atoms with Crippen molar-refractivity contribution in [2.45, 2.75) is 6.92 Å². The third-order valence-electron chi connectivity index (χ3n) is 4.11. The SMILES string of the molecule is Cc1c(C(=O)N2CCN(C)CC2)nc(Cl)c2ccccc12. The number of carbonyl (C=O) groups is 1. The van der Waals surface area contributed by atoms with Gasteiger partial charge in [0.05, 0.1) is 0 Å². The predicted molar refractivity (Wildman–Crippen MR) is 84.9 cm³/mol. The molecule has 1 amide bonds. The second kappa shape index (κ2) is 5.62. The molecule has 0 N–H and O–H groups in total. The number of rotatable bonds is 1. The summed E-state index contributed by atoms with van der Waals surface area (Å²) in [6.07, 6.45) is 0. The molecule has 0 unspecified atom stereocenters. The Hall–Kier alpha value is -1.65. The Morgan fingerprint density at radius 3 is 2.43 bits per heavy atom. The maximum absolute atomic E-state index is 12.7. The van der Waals surface area contributed by atoms with Gasteiger partial charge in [-0.2, -0.15) is 0 Å². The van der Waals surface area contributed by atoms with Gasteiger partial charge in [0.2, 0.25) is 0 Å². The molecular weight excluding hydrogens is 286 g/mol. The van der Waals surface area contributed by atoms with E-state index in [2.05, 4.69) is 16.9 Å². The number of nitrogens with zero attached hydrogens (tertiary/aromatic N) is 3. The van der Waals surface area contributed by atoms with Gasteiger partial charge in [-0.1, -0.05) is 35.9 Å². The van der Waals surface area contributed by atoms with E-state index >= 15 is 0 Å². The van der Waals surface area contributed by atoms with Crippen molar-refractivity contribution in [1.29, 1.82) is 0 Å². The van der Waals surface area contributed by atoms with Gasteiger partial charge in [-0.15, -0.1) is 0 Å². The van der Waals surface area contributed by atoms with Gasteiger partial charge in [0.1, 0.15) is 10.8 Å². The number of pyridine rings is 1. The zero-order chi connectivity index (χ0) is 15.0. The van der Waals surface area contributed by atoms with E-state index in [1.54, 1.807) is 0 Å². The average molecular weight is 304 g/mol. The summed E-state index contributed by atoms with van der Waals surface area (Å²) in [4.78, 5) is 21.1. The summed E-state index contributed by atoms with van der Waals surface area (Å²) in [6.45, 7) is 5.20. The molecule has 0 radical (unpaired) electrons. The molecule has 5 heteroatoms. The molecule has 110 valence electrons. The number of likely N-dealkylation sites (N-methyl/N-ethyl adjacent to an activating group) is 1. The summed E-state index contributed by atoms with van der Waals surface area (Å²) in [6, 6.07) is 7.80. The Morgan fingerprint density at radius 2 is 1.76 bits per heavy atom. The van der Waals surface area contributed by atoms with Crippen LogP contribution in [0.3, 0.4) is 0 Å². The number of halogens is 1. The van der Waals surface area contributed by atoms with E-state index in [1.807, 2.05) is 36.1 Å². The van der Waals surface area contributed by atoms with E-state index < -0.39 is 0 Å². The third-order valence-corrected chi connectivity index (χ3v) is 4.40. The molecule has 3 rings (SSSR count). The van der Waals surface area contributed by atoms with Gasteiger partial charge in [-0.05, 0) is 24.9 Å². The van der Waals surface area contributed by atoms with Crippen LogP contribution in [0.2, 0.25) is 5.15 Å². The summed E-state index contributed by atoms with van der Waals surface area (Å²) in [5.74, 6) is -0.0201. The minimum Gasteiger partial charge on any atom is -0.335 e. The number of piperazine rings is 1. The molecular formula is C16H18ClN3O. The zero-order valence-electron chi connectivity index (χ0n) is 12.3. The normalized spacial score (nSPS) is 16.4. The van der Waals surface area contributed by atoms with Crippen LogP contribution in [0.15, 0.2) is 24.3 Å². The quantitative estimate of drug-likeness (QED) is 0.760. The first-order valence-electron chi connectivity index (χ1n) is 7.10. The molecule has 0 bridgehead atoms. The predicted octanol–water partition coefficient (Wildman–Crippen LogP) is 2.58. The average Bonchev–Trinajstić information content (AvgIpc) is 2.51. The van der Waals surface area contributed by atoms with Crippen LogP contribution in [0.1, 0.15) is 16.1 Å². The lowest BCUT2D eigenvalue weighted by molar-refractivity contribution is 0.0657. The monoisotopic (exact) mass is 303 g/mol. The summed E-state index contributed by atoms with van der Waals surface area (Å²) < 4.78 is 0. The van der Waals surface area contributed by atoms with Gasteiger partial charge >= 0.3 is 0 Å². The van der Waals surface area contributed by atoms with E-state index in [9.17, 15) is 4.79 Å². The zero-order valence-corrected chi connectivity index (χ0v) is 13.0. The van der Waals surface area contributed by atoms with Gasteiger partial charge in [0, 0.05) is 31.6 Å². The number of aryl methyl sites for hydroxylation is 1. The Morgan fingerprint density at radius 1 is 1.14 bits per heavy atom. The van der Waals surface area contributed by atoms with E-state index in [-0.39, 0.29) is 5.91 Å². The highest BCUT2D eigenvalue weighted by Crippen LogP contribution is 2.27. The second-order valence-corrected chi connectivity index (χ2v) is 5.88. The number of fused-ring (bicyclic) bond motifs is 1. The summed E-state index contributed by atoms with van der Waals surface area (Å²) >= 11 is 6.25. The lowest BCUT2D eigenvalue weighted by Crippen LogP contribution is -2.47. The maximum atomic E-state index is 12.7. The molecule has 1 aromatic carbocycles. The van der Waals surface area contributed by atoms with Crippen LogP contribution in [0.5, 0.6) is 0 Å². The van der Waals surface area contributed by atoms with Crippen LogP contribution in [-0.2, 0) is 0 Å². The molecule has 1 aromatic heterocycles. The molecule has 1 saturated heterocycles. The maximum Gasteiger partial charge on any atom is 0.272 e. The number of carbonyl (C=O) groups excluding carboxylic acids is 1. The smallest absolute Gasteiger partial charge is 0.272 e. The van der Waals surface area contributed by atoms with Crippen molar-refractivity contribution in [3.05, 3.63) is 40.7 Å². The van der Waals surface area contributed by atoms with Crippen molar-refractivity contribution in [3.8, 4) is 0 Å². The van der Waals surface area contributed by atoms with E-state index in [1.165, 1.54) is 0 Å². The molecule has 0 spiro atoms. The molecule has 4 nitrogen and oxygen atoms in total. The summed E-state index contributed by atoms with van der Waals surface area (Å²) in [5, 5.41) is 2.29. The van der Waals surface area contributed by atoms with Crippen LogP contribution in [0, 0.1) is 6.92 Å². The minimum absolute atomic E-state index is 0.0201. The van der Waals surface area contributed by atoms with E-state index in [4.69, 9.17) is 11.6 Å². The largest absolute Gasteiger partial charge is 0.335 e. The van der Waals surface area contributed by atoms with E-state index in [0.717, 1.165) is 42.5 Å². The molecule has 0 atom stereocenters. The molecule has 1 aliphatic heterocycles. The Balaban J connectivity index is 2.00. The van der Waals surface area contributed by atoms with Crippen LogP contribution >= 0.6 is 11.6 Å². The fourth-order valence-corrected chi connectivity index (χ4v) is 2.98. The summed E-state index contributed by atoms with van der Waals surface area (Å²) in [7, 11) is 2.07. The minimum atomic E-state index is -0.0201. The summed E-state index contributed by atoms with van der Waals surface area (Å²) in [5.41, 5.74) is 1.38. The molecule has 2 aromatic rings. The fourth-order valence-electron chi connectivity index (χ4n) is 2.73. The van der Waals surface area contributed by atoms with Gasteiger partial charge in [0.15, 0.2) is 0 Å². The Kier molecular flexibility index (Phi) is 3.83. The van der Waals surface area contributed by atoms with Crippen molar-refractivity contribution in [1.82, 2.24) is 14.8 Å². The standard InChI is InChI=1S/C16H18ClN3O/c1-11-12-5-3-4-6-13(12)15(17)18-14(11)16(21)20-9-7-19(2)8-10-20/h3-6H,7-10H2,1-2H3. The van der Waals surface area contributed by atoms with Crippen LogP contribution in [0.25, 0.3) is 10.8 Å². The van der Waals surface area contributed by atoms with Crippen molar-refractivity contribution >= 4 is 28.3 Å². The number of aromatic nitrogens is 1. The van der Waals surface area contributed by atoms with Gasteiger partial charge in [0.25, 0.3) is 5.91 Å². The first-order chi connectivity index (χ1) is 10.1. The van der Waals surface area contributed by atoms with Crippen LogP contribution < -0.4 is 0 Å². The molecule has 2 heterocycles. The molecule has 0 aliphatic carbocycles. The first kappa shape index (κ1) is 14.3. The van der Waals surface area contributed by atoms with Gasteiger partial charge < -0.3 is 9.80 Å². The second-order valence-electron chi connectivity index (χ2n) is 5.52. The number of hydrogen-bond acceptors (Lipinski definition) is 3. The topological polar surface area (TPSA) is 36.4 Å². The Labute approximate surface area is 129 Å². The molecule has 0 saturated carbocycles.